The molecule has 3 nitrogen and oxygen atoms in total. The van der Waals surface area contributed by atoms with Crippen molar-refractivity contribution in [3.05, 3.63) is 28.8 Å². The Hall–Kier alpha value is -0.790. The minimum atomic E-state index is -4.63. The zero-order valence-electron chi connectivity index (χ0n) is 11.1. The Bertz CT molecular complexity index is 585. The Labute approximate surface area is 121 Å². The molecule has 0 aliphatic heterocycles. The Balaban J connectivity index is 3.25. The number of halogens is 4. The fourth-order valence-electron chi connectivity index (χ4n) is 1.33. The summed E-state index contributed by atoms with van der Waals surface area (Å²) in [6.07, 6.45) is -4.63. The van der Waals surface area contributed by atoms with Crippen LogP contribution >= 0.6 is 11.6 Å². The molecule has 1 N–H and O–H groups in total. The number of nitrogens with one attached hydrogen (secondary N) is 1. The smallest absolute Gasteiger partial charge is 0.208 e. The van der Waals surface area contributed by atoms with Crippen LogP contribution in [0, 0.1) is 5.92 Å². The summed E-state index contributed by atoms with van der Waals surface area (Å²) in [5, 5.41) is -0.249. The van der Waals surface area contributed by atoms with Gasteiger partial charge in [-0.15, -0.1) is 0 Å². The molecule has 0 radical (unpaired) electrons. The third kappa shape index (κ3) is 4.10. The highest BCUT2D eigenvalue weighted by Crippen LogP contribution is 2.33. The number of hydrogen-bond donors (Lipinski definition) is 1. The van der Waals surface area contributed by atoms with Gasteiger partial charge in [-0.1, -0.05) is 25.4 Å². The van der Waals surface area contributed by atoms with Crippen LogP contribution in [0.4, 0.5) is 13.2 Å². The fourth-order valence-corrected chi connectivity index (χ4v) is 3.25. The highest BCUT2D eigenvalue weighted by Gasteiger charge is 2.33. The van der Waals surface area contributed by atoms with Crippen molar-refractivity contribution in [2.24, 2.45) is 5.92 Å². The Morgan fingerprint density at radius 3 is 2.20 bits per heavy atom. The van der Waals surface area contributed by atoms with E-state index in [4.69, 9.17) is 11.6 Å². The molecule has 0 fully saturated rings. The summed E-state index contributed by atoms with van der Waals surface area (Å²) in [5.41, 5.74) is -1.06. The molecule has 0 heterocycles. The van der Waals surface area contributed by atoms with Gasteiger partial charge in [-0.05, 0) is 31.0 Å². The predicted octanol–water partition coefficient (Wildman–Crippen LogP) is 3.68. The van der Waals surface area contributed by atoms with Gasteiger partial charge in [0.2, 0.25) is 10.0 Å². The van der Waals surface area contributed by atoms with E-state index in [-0.39, 0.29) is 10.9 Å². The normalized spacial score (nSPS) is 14.6. The van der Waals surface area contributed by atoms with E-state index < -0.39 is 32.7 Å². The van der Waals surface area contributed by atoms with Gasteiger partial charge in [0, 0.05) is 6.04 Å². The van der Waals surface area contributed by atoms with Gasteiger partial charge in [-0.25, -0.2) is 13.1 Å². The van der Waals surface area contributed by atoms with Crippen molar-refractivity contribution in [3.8, 4) is 0 Å². The van der Waals surface area contributed by atoms with Crippen LogP contribution in [0.15, 0.2) is 23.1 Å². The van der Waals surface area contributed by atoms with Gasteiger partial charge < -0.3 is 0 Å². The predicted molar refractivity (Wildman–Crippen MR) is 71.1 cm³/mol. The molecule has 0 saturated heterocycles. The molecule has 0 aliphatic carbocycles. The molecule has 0 bridgehead atoms. The van der Waals surface area contributed by atoms with Gasteiger partial charge >= 0.3 is 6.18 Å². The minimum Gasteiger partial charge on any atom is -0.208 e. The summed E-state index contributed by atoms with van der Waals surface area (Å²) in [4.78, 5) is -0.568. The van der Waals surface area contributed by atoms with Crippen LogP contribution in [-0.2, 0) is 16.2 Å². The highest BCUT2D eigenvalue weighted by atomic mass is 35.5. The van der Waals surface area contributed by atoms with Gasteiger partial charge in [-0.3, -0.25) is 0 Å². The average molecular weight is 330 g/mol. The van der Waals surface area contributed by atoms with E-state index >= 15 is 0 Å². The number of rotatable bonds is 4. The summed E-state index contributed by atoms with van der Waals surface area (Å²) in [7, 11) is -4.10. The second kappa shape index (κ2) is 5.91. The van der Waals surface area contributed by atoms with Gasteiger partial charge in [0.15, 0.2) is 0 Å². The first-order valence-electron chi connectivity index (χ1n) is 5.84. The molecule has 0 aliphatic rings. The van der Waals surface area contributed by atoms with Crippen molar-refractivity contribution >= 4 is 21.6 Å². The molecule has 114 valence electrons. The molecule has 1 rings (SSSR count). The second-order valence-electron chi connectivity index (χ2n) is 4.80. The van der Waals surface area contributed by atoms with E-state index in [9.17, 15) is 21.6 Å². The number of sulfonamides is 1. The van der Waals surface area contributed by atoms with Crippen LogP contribution in [0.25, 0.3) is 0 Å². The largest absolute Gasteiger partial charge is 0.416 e. The van der Waals surface area contributed by atoms with Crippen LogP contribution in [-0.4, -0.2) is 14.5 Å². The lowest BCUT2D eigenvalue weighted by Crippen LogP contribution is -2.36. The second-order valence-corrected chi connectivity index (χ2v) is 6.89. The maximum Gasteiger partial charge on any atom is 0.416 e. The molecular weight excluding hydrogens is 315 g/mol. The lowest BCUT2D eigenvalue weighted by atomic mass is 10.1. The number of hydrogen-bond acceptors (Lipinski definition) is 2. The van der Waals surface area contributed by atoms with Gasteiger partial charge in [-0.2, -0.15) is 13.2 Å². The summed E-state index contributed by atoms with van der Waals surface area (Å²) in [6, 6.07) is 1.79. The van der Waals surface area contributed by atoms with Crippen molar-refractivity contribution in [1.82, 2.24) is 4.72 Å². The molecule has 0 unspecified atom stereocenters. The molecule has 0 saturated carbocycles. The fraction of sp³-hybridized carbons (Fsp3) is 0.500. The maximum atomic E-state index is 12.6. The molecule has 1 aromatic carbocycles. The Morgan fingerprint density at radius 1 is 1.20 bits per heavy atom. The first kappa shape index (κ1) is 17.3. The zero-order chi connectivity index (χ0) is 15.7. The van der Waals surface area contributed by atoms with Crippen molar-refractivity contribution in [3.63, 3.8) is 0 Å². The third-order valence-corrected chi connectivity index (χ3v) is 4.93. The van der Waals surface area contributed by atoms with Crippen LogP contribution < -0.4 is 4.72 Å². The molecule has 0 spiro atoms. The molecule has 0 amide bonds. The van der Waals surface area contributed by atoms with E-state index in [1.54, 1.807) is 20.8 Å². The number of alkyl halides is 3. The van der Waals surface area contributed by atoms with Crippen molar-refractivity contribution < 1.29 is 21.6 Å². The Kier molecular flexibility index (Phi) is 5.10. The van der Waals surface area contributed by atoms with Gasteiger partial charge in [0.1, 0.15) is 4.90 Å². The quantitative estimate of drug-likeness (QED) is 0.916. The summed E-state index contributed by atoms with van der Waals surface area (Å²) in [6.45, 7) is 5.21. The van der Waals surface area contributed by atoms with Crippen molar-refractivity contribution in [1.29, 1.82) is 0 Å². The topological polar surface area (TPSA) is 46.2 Å². The molecular formula is C12H15ClF3NO2S. The van der Waals surface area contributed by atoms with Crippen molar-refractivity contribution in [2.75, 3.05) is 0 Å². The van der Waals surface area contributed by atoms with Gasteiger partial charge in [0.25, 0.3) is 0 Å². The average Bonchev–Trinajstić information content (AvgIpc) is 2.26. The van der Waals surface area contributed by atoms with Crippen LogP contribution in [0.2, 0.25) is 5.02 Å². The summed E-state index contributed by atoms with van der Waals surface area (Å²) < 4.78 is 64.3. The van der Waals surface area contributed by atoms with E-state index in [2.05, 4.69) is 4.72 Å². The highest BCUT2D eigenvalue weighted by molar-refractivity contribution is 7.89. The lowest BCUT2D eigenvalue weighted by Gasteiger charge is -2.18. The van der Waals surface area contributed by atoms with Gasteiger partial charge in [0.05, 0.1) is 10.6 Å². The summed E-state index contributed by atoms with van der Waals surface area (Å²) in [5.74, 6) is -0.00523. The van der Waals surface area contributed by atoms with E-state index in [0.29, 0.717) is 6.07 Å². The van der Waals surface area contributed by atoms with Crippen LogP contribution in [0.5, 0.6) is 0 Å². The molecule has 0 aromatic heterocycles. The molecule has 1 aromatic rings. The van der Waals surface area contributed by atoms with Crippen LogP contribution in [0.3, 0.4) is 0 Å². The van der Waals surface area contributed by atoms with E-state index in [1.165, 1.54) is 0 Å². The molecule has 8 heteroatoms. The Morgan fingerprint density at radius 2 is 1.75 bits per heavy atom. The van der Waals surface area contributed by atoms with E-state index in [0.717, 1.165) is 12.1 Å². The molecule has 1 atom stereocenters. The third-order valence-electron chi connectivity index (χ3n) is 2.89. The zero-order valence-corrected chi connectivity index (χ0v) is 12.7. The summed E-state index contributed by atoms with van der Waals surface area (Å²) >= 11 is 5.71. The first-order chi connectivity index (χ1) is 8.95. The monoisotopic (exact) mass is 329 g/mol. The first-order valence-corrected chi connectivity index (χ1v) is 7.70. The SMILES string of the molecule is CC(C)[C@@H](C)NS(=O)(=O)c1cc(C(F)(F)F)ccc1Cl. The van der Waals surface area contributed by atoms with E-state index in [1.807, 2.05) is 0 Å². The molecule has 20 heavy (non-hydrogen) atoms. The maximum absolute atomic E-state index is 12.6. The number of benzene rings is 1. The lowest BCUT2D eigenvalue weighted by molar-refractivity contribution is -0.137. The van der Waals surface area contributed by atoms with Crippen molar-refractivity contribution in [2.45, 2.75) is 37.9 Å². The minimum absolute atomic E-state index is 0.00523. The standard InChI is InChI=1S/C12H15ClF3NO2S/c1-7(2)8(3)17-20(18,19)11-6-9(12(14,15)16)4-5-10(11)13/h4-8,17H,1-3H3/t8-/m1/s1. The van der Waals surface area contributed by atoms with Crippen LogP contribution in [0.1, 0.15) is 26.3 Å².